The molecule has 0 N–H and O–H groups in total. The SMILES string of the molecule is O=C(Cn1ccc2ccccc21)N1CCN(c2ccccc2F)CC1. The maximum atomic E-state index is 13.9. The van der Waals surface area contributed by atoms with Gasteiger partial charge in [0.05, 0.1) is 5.69 Å². The van der Waals surface area contributed by atoms with Crippen LogP contribution in [0, 0.1) is 5.82 Å². The van der Waals surface area contributed by atoms with Crippen molar-refractivity contribution in [1.82, 2.24) is 9.47 Å². The number of amides is 1. The Hall–Kier alpha value is -2.82. The van der Waals surface area contributed by atoms with Crippen LogP contribution in [-0.2, 0) is 11.3 Å². The number of halogens is 1. The van der Waals surface area contributed by atoms with Crippen LogP contribution in [0.25, 0.3) is 10.9 Å². The molecule has 0 unspecified atom stereocenters. The van der Waals surface area contributed by atoms with Crippen LogP contribution in [0.1, 0.15) is 0 Å². The molecule has 0 atom stereocenters. The molecule has 1 saturated heterocycles. The van der Waals surface area contributed by atoms with E-state index in [-0.39, 0.29) is 11.7 Å². The van der Waals surface area contributed by atoms with Gasteiger partial charge in [0.15, 0.2) is 0 Å². The van der Waals surface area contributed by atoms with E-state index in [4.69, 9.17) is 0 Å². The zero-order valence-corrected chi connectivity index (χ0v) is 13.9. The molecule has 2 aromatic carbocycles. The van der Waals surface area contributed by atoms with Crippen molar-refractivity contribution in [2.45, 2.75) is 6.54 Å². The van der Waals surface area contributed by atoms with Gasteiger partial charge in [-0.15, -0.1) is 0 Å². The number of carbonyl (C=O) groups excluding carboxylic acids is 1. The fraction of sp³-hybridized carbons (Fsp3) is 0.250. The molecule has 0 radical (unpaired) electrons. The first-order valence-corrected chi connectivity index (χ1v) is 8.53. The molecule has 1 aliphatic rings. The van der Waals surface area contributed by atoms with Gasteiger partial charge in [-0.2, -0.15) is 0 Å². The van der Waals surface area contributed by atoms with Crippen molar-refractivity contribution in [3.63, 3.8) is 0 Å². The van der Waals surface area contributed by atoms with E-state index in [1.54, 1.807) is 12.1 Å². The Morgan fingerprint density at radius 2 is 1.64 bits per heavy atom. The van der Waals surface area contributed by atoms with Crippen molar-refractivity contribution >= 4 is 22.5 Å². The van der Waals surface area contributed by atoms with Gasteiger partial charge in [-0.1, -0.05) is 30.3 Å². The fourth-order valence-corrected chi connectivity index (χ4v) is 3.43. The number of rotatable bonds is 3. The molecule has 5 heteroatoms. The Bertz CT molecular complexity index is 897. The van der Waals surface area contributed by atoms with Crippen LogP contribution >= 0.6 is 0 Å². The molecular weight excluding hydrogens is 317 g/mol. The lowest BCUT2D eigenvalue weighted by Crippen LogP contribution is -2.49. The molecule has 1 amide bonds. The van der Waals surface area contributed by atoms with Gasteiger partial charge in [0.1, 0.15) is 12.4 Å². The number of hydrogen-bond donors (Lipinski definition) is 0. The number of benzene rings is 2. The largest absolute Gasteiger partial charge is 0.366 e. The van der Waals surface area contributed by atoms with Crippen molar-refractivity contribution in [1.29, 1.82) is 0 Å². The topological polar surface area (TPSA) is 28.5 Å². The zero-order valence-electron chi connectivity index (χ0n) is 13.9. The van der Waals surface area contributed by atoms with E-state index in [9.17, 15) is 9.18 Å². The molecule has 4 nitrogen and oxygen atoms in total. The molecule has 1 aromatic heterocycles. The van der Waals surface area contributed by atoms with E-state index in [2.05, 4.69) is 0 Å². The van der Waals surface area contributed by atoms with E-state index >= 15 is 0 Å². The van der Waals surface area contributed by atoms with E-state index in [0.717, 1.165) is 10.9 Å². The van der Waals surface area contributed by atoms with Gasteiger partial charge in [-0.3, -0.25) is 4.79 Å². The molecular formula is C20H20FN3O. The summed E-state index contributed by atoms with van der Waals surface area (Å²) >= 11 is 0. The number of hydrogen-bond acceptors (Lipinski definition) is 2. The molecule has 1 aliphatic heterocycles. The number of carbonyl (C=O) groups is 1. The highest BCUT2D eigenvalue weighted by molar-refractivity contribution is 5.83. The number of nitrogens with zero attached hydrogens (tertiary/aromatic N) is 3. The van der Waals surface area contributed by atoms with Crippen LogP contribution in [0.5, 0.6) is 0 Å². The fourth-order valence-electron chi connectivity index (χ4n) is 3.43. The van der Waals surface area contributed by atoms with Gasteiger partial charge in [-0.25, -0.2) is 4.39 Å². The van der Waals surface area contributed by atoms with Crippen molar-refractivity contribution in [3.8, 4) is 0 Å². The summed E-state index contributed by atoms with van der Waals surface area (Å²) in [5.74, 6) is -0.101. The molecule has 2 heterocycles. The summed E-state index contributed by atoms with van der Waals surface area (Å²) in [5, 5.41) is 1.14. The third-order valence-corrected chi connectivity index (χ3v) is 4.81. The second-order valence-electron chi connectivity index (χ2n) is 6.32. The van der Waals surface area contributed by atoms with Crippen LogP contribution in [0.3, 0.4) is 0 Å². The minimum atomic E-state index is -0.207. The second kappa shape index (κ2) is 6.59. The quantitative estimate of drug-likeness (QED) is 0.735. The minimum Gasteiger partial charge on any atom is -0.366 e. The maximum Gasteiger partial charge on any atom is 0.242 e. The van der Waals surface area contributed by atoms with Crippen LogP contribution in [-0.4, -0.2) is 41.6 Å². The number of para-hydroxylation sites is 2. The predicted octanol–water partition coefficient (Wildman–Crippen LogP) is 3.13. The Labute approximate surface area is 146 Å². The third kappa shape index (κ3) is 3.09. The number of fused-ring (bicyclic) bond motifs is 1. The molecule has 0 bridgehead atoms. The normalized spacial score (nSPS) is 14.9. The third-order valence-electron chi connectivity index (χ3n) is 4.81. The van der Waals surface area contributed by atoms with Gasteiger partial charge < -0.3 is 14.4 Å². The summed E-state index contributed by atoms with van der Waals surface area (Å²) in [6.07, 6.45) is 1.96. The molecule has 25 heavy (non-hydrogen) atoms. The van der Waals surface area contributed by atoms with Gasteiger partial charge in [0.2, 0.25) is 5.91 Å². The Morgan fingerprint density at radius 3 is 2.44 bits per heavy atom. The van der Waals surface area contributed by atoms with Crippen LogP contribution in [0.4, 0.5) is 10.1 Å². The molecule has 0 spiro atoms. The lowest BCUT2D eigenvalue weighted by Gasteiger charge is -2.36. The highest BCUT2D eigenvalue weighted by Crippen LogP contribution is 2.20. The second-order valence-corrected chi connectivity index (χ2v) is 6.32. The van der Waals surface area contributed by atoms with Crippen LogP contribution in [0.2, 0.25) is 0 Å². The molecule has 0 saturated carbocycles. The highest BCUT2D eigenvalue weighted by atomic mass is 19.1. The summed E-state index contributed by atoms with van der Waals surface area (Å²) in [7, 11) is 0. The zero-order chi connectivity index (χ0) is 17.2. The molecule has 128 valence electrons. The number of anilines is 1. The highest BCUT2D eigenvalue weighted by Gasteiger charge is 2.22. The summed E-state index contributed by atoms with van der Waals surface area (Å²) in [5.41, 5.74) is 1.69. The average Bonchev–Trinajstić information content (AvgIpc) is 3.05. The molecule has 4 rings (SSSR count). The molecule has 3 aromatic rings. The lowest BCUT2D eigenvalue weighted by molar-refractivity contribution is -0.132. The van der Waals surface area contributed by atoms with Crippen molar-refractivity contribution in [3.05, 3.63) is 66.6 Å². The maximum absolute atomic E-state index is 13.9. The van der Waals surface area contributed by atoms with E-state index < -0.39 is 0 Å². The molecule has 1 fully saturated rings. The summed E-state index contributed by atoms with van der Waals surface area (Å²) in [6, 6.07) is 16.9. The van der Waals surface area contributed by atoms with Crippen LogP contribution < -0.4 is 4.90 Å². The van der Waals surface area contributed by atoms with Crippen molar-refractivity contribution in [2.24, 2.45) is 0 Å². The Kier molecular flexibility index (Phi) is 4.14. The van der Waals surface area contributed by atoms with Gasteiger partial charge in [0, 0.05) is 37.9 Å². The van der Waals surface area contributed by atoms with Crippen LogP contribution in [0.15, 0.2) is 60.8 Å². The first kappa shape index (κ1) is 15.7. The van der Waals surface area contributed by atoms with Crippen molar-refractivity contribution < 1.29 is 9.18 Å². The summed E-state index contributed by atoms with van der Waals surface area (Å²) in [6.45, 7) is 2.88. The average molecular weight is 337 g/mol. The van der Waals surface area contributed by atoms with Gasteiger partial charge >= 0.3 is 0 Å². The Balaban J connectivity index is 1.41. The molecule has 0 aliphatic carbocycles. The Morgan fingerprint density at radius 1 is 0.920 bits per heavy atom. The van der Waals surface area contributed by atoms with E-state index in [0.29, 0.717) is 38.4 Å². The monoisotopic (exact) mass is 337 g/mol. The van der Waals surface area contributed by atoms with E-state index in [1.807, 2.05) is 57.0 Å². The predicted molar refractivity (Wildman–Crippen MR) is 97.1 cm³/mol. The first-order valence-electron chi connectivity index (χ1n) is 8.53. The van der Waals surface area contributed by atoms with Gasteiger partial charge in [-0.05, 0) is 29.7 Å². The van der Waals surface area contributed by atoms with Crippen molar-refractivity contribution in [2.75, 3.05) is 31.1 Å². The number of aromatic nitrogens is 1. The lowest BCUT2D eigenvalue weighted by atomic mass is 10.2. The summed E-state index contributed by atoms with van der Waals surface area (Å²) in [4.78, 5) is 16.5. The smallest absolute Gasteiger partial charge is 0.242 e. The number of piperazine rings is 1. The van der Waals surface area contributed by atoms with Gasteiger partial charge in [0.25, 0.3) is 0 Å². The minimum absolute atomic E-state index is 0.106. The first-order chi connectivity index (χ1) is 12.2. The standard InChI is InChI=1S/C20H20FN3O/c21-17-6-2-4-8-19(17)22-11-13-23(14-12-22)20(25)15-24-10-9-16-5-1-3-7-18(16)24/h1-10H,11-15H2. The van der Waals surface area contributed by atoms with E-state index in [1.165, 1.54) is 6.07 Å². The summed E-state index contributed by atoms with van der Waals surface area (Å²) < 4.78 is 15.9.